The molecule has 4 heteroatoms. The van der Waals surface area contributed by atoms with Crippen molar-refractivity contribution in [3.63, 3.8) is 0 Å². The highest BCUT2D eigenvalue weighted by Gasteiger charge is 2.21. The van der Waals surface area contributed by atoms with Gasteiger partial charge in [-0.1, -0.05) is 26.8 Å². The number of nitriles is 1. The Labute approximate surface area is 101 Å². The smallest absolute Gasteiger partial charge is 0.229 e. The molecule has 4 nitrogen and oxygen atoms in total. The van der Waals surface area contributed by atoms with Gasteiger partial charge in [0.05, 0.1) is 0 Å². The second-order valence-electron chi connectivity index (χ2n) is 4.68. The van der Waals surface area contributed by atoms with Crippen LogP contribution in [0.5, 0.6) is 5.75 Å². The molecule has 0 saturated heterocycles. The number of carbonyl (C=O) groups excluding carboxylic acids is 1. The predicted octanol–water partition coefficient (Wildman–Crippen LogP) is 2.57. The van der Waals surface area contributed by atoms with Gasteiger partial charge in [-0.3, -0.25) is 4.79 Å². The van der Waals surface area contributed by atoms with Crippen LogP contribution >= 0.6 is 0 Å². The van der Waals surface area contributed by atoms with Gasteiger partial charge in [0.15, 0.2) is 6.61 Å². The molecule has 1 aromatic carbocycles. The molecule has 0 aliphatic carbocycles. The van der Waals surface area contributed by atoms with Gasteiger partial charge in [0.25, 0.3) is 0 Å². The fourth-order valence-electron chi connectivity index (χ4n) is 1.10. The molecule has 0 bridgehead atoms. The summed E-state index contributed by atoms with van der Waals surface area (Å²) < 4.78 is 5.15. The van der Waals surface area contributed by atoms with Gasteiger partial charge in [0, 0.05) is 17.2 Å². The third-order valence-corrected chi connectivity index (χ3v) is 2.08. The minimum Gasteiger partial charge on any atom is -0.479 e. The normalized spacial score (nSPS) is 10.5. The zero-order valence-corrected chi connectivity index (χ0v) is 10.3. The Bertz CT molecular complexity index is 441. The number of anilines is 1. The highest BCUT2D eigenvalue weighted by molar-refractivity contribution is 5.94. The van der Waals surface area contributed by atoms with E-state index in [2.05, 4.69) is 5.32 Å². The van der Waals surface area contributed by atoms with Gasteiger partial charge in [0.1, 0.15) is 11.8 Å². The number of nitrogens with one attached hydrogen (secondary N) is 1. The number of rotatable bonds is 3. The maximum absolute atomic E-state index is 11.8. The van der Waals surface area contributed by atoms with Gasteiger partial charge in [-0.15, -0.1) is 0 Å². The van der Waals surface area contributed by atoms with Crippen molar-refractivity contribution in [2.24, 2.45) is 5.41 Å². The Morgan fingerprint density at radius 1 is 1.47 bits per heavy atom. The van der Waals surface area contributed by atoms with Crippen LogP contribution in [0, 0.1) is 16.7 Å². The Balaban J connectivity index is 2.73. The monoisotopic (exact) mass is 232 g/mol. The minimum absolute atomic E-state index is 0.00330. The first-order valence-electron chi connectivity index (χ1n) is 5.35. The number of hydrogen-bond donors (Lipinski definition) is 1. The highest BCUT2D eigenvalue weighted by Crippen LogP contribution is 2.20. The van der Waals surface area contributed by atoms with Crippen molar-refractivity contribution >= 4 is 11.6 Å². The van der Waals surface area contributed by atoms with Crippen LogP contribution in [0.25, 0.3) is 0 Å². The topological polar surface area (TPSA) is 62.1 Å². The highest BCUT2D eigenvalue weighted by atomic mass is 16.5. The molecule has 0 aliphatic heterocycles. The number of hydrogen-bond acceptors (Lipinski definition) is 3. The fourth-order valence-corrected chi connectivity index (χ4v) is 1.10. The van der Waals surface area contributed by atoms with E-state index in [1.54, 1.807) is 24.3 Å². The summed E-state index contributed by atoms with van der Waals surface area (Å²) in [4.78, 5) is 11.8. The minimum atomic E-state index is -0.441. The number of benzene rings is 1. The van der Waals surface area contributed by atoms with Gasteiger partial charge in [-0.2, -0.15) is 5.26 Å². The molecule has 1 amide bonds. The first-order valence-corrected chi connectivity index (χ1v) is 5.35. The molecule has 0 fully saturated rings. The van der Waals surface area contributed by atoms with Crippen LogP contribution in [0.3, 0.4) is 0 Å². The van der Waals surface area contributed by atoms with Gasteiger partial charge >= 0.3 is 0 Å². The standard InChI is InChI=1S/C13H16N2O2/c1-13(2,3)12(16)15-10-5-4-6-11(9-10)17-8-7-14/h4-6,9H,8H2,1-3H3,(H,15,16). The van der Waals surface area contributed by atoms with Crippen LogP contribution in [0.15, 0.2) is 24.3 Å². The lowest BCUT2D eigenvalue weighted by Gasteiger charge is -2.17. The summed E-state index contributed by atoms with van der Waals surface area (Å²) in [7, 11) is 0. The van der Waals surface area contributed by atoms with E-state index in [1.165, 1.54) is 0 Å². The molecule has 90 valence electrons. The summed E-state index contributed by atoms with van der Waals surface area (Å²) in [6.45, 7) is 5.53. The zero-order valence-electron chi connectivity index (χ0n) is 10.3. The van der Waals surface area contributed by atoms with Crippen molar-refractivity contribution in [3.05, 3.63) is 24.3 Å². The molecule has 1 aromatic rings. The molecule has 0 heterocycles. The zero-order chi connectivity index (χ0) is 12.9. The molecule has 1 N–H and O–H groups in total. The van der Waals surface area contributed by atoms with Crippen LogP contribution in [0.2, 0.25) is 0 Å². The maximum Gasteiger partial charge on any atom is 0.229 e. The third-order valence-electron chi connectivity index (χ3n) is 2.08. The first kappa shape index (κ1) is 13.0. The molecule has 0 aromatic heterocycles. The number of nitrogens with zero attached hydrogens (tertiary/aromatic N) is 1. The molecule has 1 rings (SSSR count). The summed E-state index contributed by atoms with van der Waals surface area (Å²) in [5.41, 5.74) is 0.226. The average molecular weight is 232 g/mol. The van der Waals surface area contributed by atoms with Gasteiger partial charge in [-0.05, 0) is 12.1 Å². The molecule has 0 saturated carbocycles. The largest absolute Gasteiger partial charge is 0.479 e. The Morgan fingerprint density at radius 2 is 2.18 bits per heavy atom. The van der Waals surface area contributed by atoms with Crippen molar-refractivity contribution in [2.75, 3.05) is 11.9 Å². The SMILES string of the molecule is CC(C)(C)C(=O)Nc1cccc(OCC#N)c1. The predicted molar refractivity (Wildman–Crippen MR) is 65.6 cm³/mol. The summed E-state index contributed by atoms with van der Waals surface area (Å²) in [6.07, 6.45) is 0. The van der Waals surface area contributed by atoms with Crippen LogP contribution in [0.4, 0.5) is 5.69 Å². The van der Waals surface area contributed by atoms with Gasteiger partial charge < -0.3 is 10.1 Å². The third kappa shape index (κ3) is 4.15. The van der Waals surface area contributed by atoms with E-state index in [0.29, 0.717) is 11.4 Å². The van der Waals surface area contributed by atoms with Crippen LogP contribution in [0.1, 0.15) is 20.8 Å². The van der Waals surface area contributed by atoms with E-state index in [9.17, 15) is 4.79 Å². The average Bonchev–Trinajstić information content (AvgIpc) is 2.25. The molecule has 17 heavy (non-hydrogen) atoms. The molecular weight excluding hydrogens is 216 g/mol. The Kier molecular flexibility index (Phi) is 4.11. The van der Waals surface area contributed by atoms with Gasteiger partial charge in [-0.25, -0.2) is 0 Å². The van der Waals surface area contributed by atoms with E-state index < -0.39 is 5.41 Å². The van der Waals surface area contributed by atoms with Crippen molar-refractivity contribution in [3.8, 4) is 11.8 Å². The van der Waals surface area contributed by atoms with Crippen LogP contribution < -0.4 is 10.1 Å². The molecule has 0 unspecified atom stereocenters. The van der Waals surface area contributed by atoms with Gasteiger partial charge in [0.2, 0.25) is 5.91 Å². The Morgan fingerprint density at radius 3 is 2.76 bits per heavy atom. The van der Waals surface area contributed by atoms with E-state index in [0.717, 1.165) is 0 Å². The number of carbonyl (C=O) groups is 1. The molecule has 0 aliphatic rings. The van der Waals surface area contributed by atoms with Crippen molar-refractivity contribution in [1.82, 2.24) is 0 Å². The van der Waals surface area contributed by atoms with E-state index in [4.69, 9.17) is 10.00 Å². The van der Waals surface area contributed by atoms with E-state index in [1.807, 2.05) is 26.8 Å². The summed E-state index contributed by atoms with van der Waals surface area (Å²) >= 11 is 0. The molecule has 0 atom stereocenters. The first-order chi connectivity index (χ1) is 7.93. The van der Waals surface area contributed by atoms with Crippen LogP contribution in [-0.4, -0.2) is 12.5 Å². The maximum atomic E-state index is 11.8. The summed E-state index contributed by atoms with van der Waals surface area (Å²) in [6, 6.07) is 8.88. The quantitative estimate of drug-likeness (QED) is 0.871. The Hall–Kier alpha value is -2.02. The van der Waals surface area contributed by atoms with Crippen molar-refractivity contribution in [1.29, 1.82) is 5.26 Å². The second kappa shape index (κ2) is 5.35. The molecule has 0 spiro atoms. The number of amides is 1. The van der Waals surface area contributed by atoms with E-state index >= 15 is 0 Å². The lowest BCUT2D eigenvalue weighted by molar-refractivity contribution is -0.123. The summed E-state index contributed by atoms with van der Waals surface area (Å²) in [5, 5.41) is 11.2. The number of ether oxygens (including phenoxy) is 1. The summed E-state index contributed by atoms with van der Waals surface area (Å²) in [5.74, 6) is 0.508. The lowest BCUT2D eigenvalue weighted by Crippen LogP contribution is -2.27. The van der Waals surface area contributed by atoms with Crippen LogP contribution in [-0.2, 0) is 4.79 Å². The van der Waals surface area contributed by atoms with Crippen molar-refractivity contribution in [2.45, 2.75) is 20.8 Å². The fraction of sp³-hybridized carbons (Fsp3) is 0.385. The molecule has 0 radical (unpaired) electrons. The second-order valence-corrected chi connectivity index (χ2v) is 4.68. The molecular formula is C13H16N2O2. The van der Waals surface area contributed by atoms with E-state index in [-0.39, 0.29) is 12.5 Å². The van der Waals surface area contributed by atoms with Crippen molar-refractivity contribution < 1.29 is 9.53 Å². The lowest BCUT2D eigenvalue weighted by atomic mass is 9.95.